The van der Waals surface area contributed by atoms with Crippen molar-refractivity contribution in [2.75, 3.05) is 30.0 Å². The molecule has 1 aliphatic rings. The molecule has 40 heavy (non-hydrogen) atoms. The lowest BCUT2D eigenvalue weighted by molar-refractivity contribution is 0.0798. The van der Waals surface area contributed by atoms with Crippen molar-refractivity contribution in [2.45, 2.75) is 33.4 Å². The van der Waals surface area contributed by atoms with Crippen LogP contribution >= 0.6 is 0 Å². The van der Waals surface area contributed by atoms with Crippen LogP contribution in [-0.2, 0) is 11.3 Å². The Kier molecular flexibility index (Phi) is 8.26. The van der Waals surface area contributed by atoms with Crippen LogP contribution in [0.25, 0.3) is 11.1 Å². The molecule has 0 spiro atoms. The molecular formula is C30H32FN7O2. The number of azo groups is 1. The van der Waals surface area contributed by atoms with Gasteiger partial charge in [-0.25, -0.2) is 9.37 Å². The number of rotatable bonds is 8. The van der Waals surface area contributed by atoms with E-state index in [-0.39, 0.29) is 36.0 Å². The lowest BCUT2D eigenvalue weighted by Gasteiger charge is -2.38. The minimum absolute atomic E-state index is 0.0264. The Morgan fingerprint density at radius 3 is 2.67 bits per heavy atom. The van der Waals surface area contributed by atoms with Gasteiger partial charge in [-0.15, -0.1) is 5.11 Å². The Morgan fingerprint density at radius 1 is 1.10 bits per heavy atom. The van der Waals surface area contributed by atoms with E-state index >= 15 is 0 Å². The molecule has 3 heterocycles. The van der Waals surface area contributed by atoms with Crippen LogP contribution in [0, 0.1) is 18.7 Å². The molecule has 1 saturated heterocycles. The number of pyridine rings is 1. The highest BCUT2D eigenvalue weighted by Gasteiger charge is 2.29. The third kappa shape index (κ3) is 6.40. The Morgan fingerprint density at radius 2 is 1.93 bits per heavy atom. The number of benzene rings is 2. The van der Waals surface area contributed by atoms with Crippen molar-refractivity contribution in [1.29, 1.82) is 0 Å². The first kappa shape index (κ1) is 27.1. The molecule has 4 aromatic rings. The van der Waals surface area contributed by atoms with E-state index in [9.17, 15) is 9.50 Å². The van der Waals surface area contributed by atoms with Gasteiger partial charge in [0, 0.05) is 12.2 Å². The number of hydrogen-bond acceptors (Lipinski definition) is 9. The summed E-state index contributed by atoms with van der Waals surface area (Å²) in [4.78, 5) is 14.9. The van der Waals surface area contributed by atoms with E-state index in [2.05, 4.69) is 44.3 Å². The second kappa shape index (κ2) is 12.2. The Bertz CT molecular complexity index is 1490. The topological polar surface area (TPSA) is 108 Å². The molecule has 1 fully saturated rings. The molecule has 10 heteroatoms. The number of halogens is 1. The minimum Gasteiger partial charge on any atom is -0.508 e. The maximum absolute atomic E-state index is 14.6. The fourth-order valence-electron chi connectivity index (χ4n) is 4.63. The van der Waals surface area contributed by atoms with E-state index in [0.29, 0.717) is 19.8 Å². The van der Waals surface area contributed by atoms with Crippen LogP contribution in [0.5, 0.6) is 5.75 Å². The molecule has 5 rings (SSSR count). The van der Waals surface area contributed by atoms with Gasteiger partial charge in [0.05, 0.1) is 42.5 Å². The molecule has 2 aromatic carbocycles. The number of hydrogen-bond donors (Lipinski definition) is 2. The number of aromatic hydroxyl groups is 1. The van der Waals surface area contributed by atoms with Gasteiger partial charge in [-0.2, -0.15) is 10.1 Å². The average molecular weight is 542 g/mol. The molecular weight excluding hydrogens is 509 g/mol. The summed E-state index contributed by atoms with van der Waals surface area (Å²) >= 11 is 0. The SMILES string of the molecule is Cc1nc(CN=Nc2ncc(F)c(N3CCOCC3C(C)C)n2)ccc1Nc1ccc(-c2cccc(O)c2)cc1. The van der Waals surface area contributed by atoms with Crippen LogP contribution < -0.4 is 10.2 Å². The summed E-state index contributed by atoms with van der Waals surface area (Å²) in [6.45, 7) is 7.92. The zero-order chi connectivity index (χ0) is 28.1. The van der Waals surface area contributed by atoms with Crippen LogP contribution in [-0.4, -0.2) is 45.9 Å². The van der Waals surface area contributed by atoms with Crippen LogP contribution in [0.2, 0.25) is 0 Å². The predicted octanol–water partition coefficient (Wildman–Crippen LogP) is 6.58. The summed E-state index contributed by atoms with van der Waals surface area (Å²) in [6, 6.07) is 19.0. The van der Waals surface area contributed by atoms with Crippen LogP contribution in [0.15, 0.2) is 77.1 Å². The summed E-state index contributed by atoms with van der Waals surface area (Å²) in [5, 5.41) is 21.5. The summed E-state index contributed by atoms with van der Waals surface area (Å²) in [6.07, 6.45) is 1.14. The van der Waals surface area contributed by atoms with Crippen LogP contribution in [0.3, 0.4) is 0 Å². The molecule has 0 amide bonds. The predicted molar refractivity (Wildman–Crippen MR) is 153 cm³/mol. The normalized spacial score (nSPS) is 15.6. The standard InChI is InChI=1S/C30H32FN7O2/c1-19(2)28-18-40-14-13-38(28)29-26(31)17-32-30(36-29)37-33-16-24-11-12-27(20(3)34-24)35-23-9-7-21(8-10-23)22-5-4-6-25(39)15-22/h4-12,15,17,19,28,35,39H,13-14,16,18H2,1-3H3. The second-order valence-corrected chi connectivity index (χ2v) is 10.0. The van der Waals surface area contributed by atoms with E-state index < -0.39 is 5.82 Å². The van der Waals surface area contributed by atoms with Gasteiger partial charge >= 0.3 is 0 Å². The second-order valence-electron chi connectivity index (χ2n) is 10.0. The average Bonchev–Trinajstić information content (AvgIpc) is 2.96. The fourth-order valence-corrected chi connectivity index (χ4v) is 4.63. The smallest absolute Gasteiger partial charge is 0.270 e. The number of nitrogens with zero attached hydrogens (tertiary/aromatic N) is 6. The van der Waals surface area contributed by atoms with Gasteiger partial charge in [-0.05, 0) is 60.4 Å². The van der Waals surface area contributed by atoms with Crippen molar-refractivity contribution in [3.63, 3.8) is 0 Å². The molecule has 9 nitrogen and oxygen atoms in total. The summed E-state index contributed by atoms with van der Waals surface area (Å²) in [5.74, 6) is 0.361. The van der Waals surface area contributed by atoms with Gasteiger partial charge in [-0.3, -0.25) is 4.98 Å². The van der Waals surface area contributed by atoms with Crippen molar-refractivity contribution >= 4 is 23.1 Å². The molecule has 206 valence electrons. The van der Waals surface area contributed by atoms with E-state index in [1.807, 2.05) is 60.4 Å². The van der Waals surface area contributed by atoms with E-state index in [1.54, 1.807) is 12.1 Å². The highest BCUT2D eigenvalue weighted by Crippen LogP contribution is 2.28. The molecule has 2 aromatic heterocycles. The molecule has 0 aliphatic carbocycles. The van der Waals surface area contributed by atoms with Crippen molar-refractivity contribution in [3.05, 3.63) is 84.1 Å². The van der Waals surface area contributed by atoms with Gasteiger partial charge in [-0.1, -0.05) is 38.1 Å². The van der Waals surface area contributed by atoms with Crippen molar-refractivity contribution in [3.8, 4) is 16.9 Å². The first-order chi connectivity index (χ1) is 19.4. The zero-order valence-electron chi connectivity index (χ0n) is 22.8. The number of nitrogens with one attached hydrogen (secondary N) is 1. The van der Waals surface area contributed by atoms with Gasteiger partial charge in [0.15, 0.2) is 11.6 Å². The largest absolute Gasteiger partial charge is 0.508 e. The first-order valence-electron chi connectivity index (χ1n) is 13.2. The van der Waals surface area contributed by atoms with Crippen LogP contribution in [0.4, 0.5) is 27.5 Å². The van der Waals surface area contributed by atoms with Gasteiger partial charge in [0.2, 0.25) is 0 Å². The number of morpholine rings is 1. The number of ether oxygens (including phenoxy) is 1. The highest BCUT2D eigenvalue weighted by atomic mass is 19.1. The van der Waals surface area contributed by atoms with E-state index in [1.165, 1.54) is 0 Å². The number of aromatic nitrogens is 3. The molecule has 1 unspecified atom stereocenters. The Balaban J connectivity index is 1.23. The number of phenols is 1. The maximum Gasteiger partial charge on any atom is 0.270 e. The third-order valence-electron chi connectivity index (χ3n) is 6.80. The highest BCUT2D eigenvalue weighted by molar-refractivity contribution is 5.69. The van der Waals surface area contributed by atoms with Crippen molar-refractivity contribution < 1.29 is 14.2 Å². The number of phenolic OH excluding ortho intramolecular Hbond substituents is 1. The van der Waals surface area contributed by atoms with Gasteiger partial charge < -0.3 is 20.1 Å². The summed E-state index contributed by atoms with van der Waals surface area (Å²) in [5.41, 5.74) is 5.32. The number of anilines is 3. The molecule has 2 N–H and O–H groups in total. The van der Waals surface area contributed by atoms with E-state index in [0.717, 1.165) is 40.1 Å². The number of aryl methyl sites for hydroxylation is 1. The molecule has 0 saturated carbocycles. The van der Waals surface area contributed by atoms with E-state index in [4.69, 9.17) is 4.74 Å². The Labute approximate surface area is 232 Å². The minimum atomic E-state index is -0.485. The molecule has 0 radical (unpaired) electrons. The quantitative estimate of drug-likeness (QED) is 0.243. The molecule has 1 aliphatic heterocycles. The molecule has 1 atom stereocenters. The molecule has 0 bridgehead atoms. The van der Waals surface area contributed by atoms with Crippen molar-refractivity contribution in [1.82, 2.24) is 15.0 Å². The summed E-state index contributed by atoms with van der Waals surface area (Å²) < 4.78 is 20.2. The third-order valence-corrected chi connectivity index (χ3v) is 6.80. The van der Waals surface area contributed by atoms with Gasteiger partial charge in [0.1, 0.15) is 12.3 Å². The fraction of sp³-hybridized carbons (Fsp3) is 0.300. The zero-order valence-corrected chi connectivity index (χ0v) is 22.8. The summed E-state index contributed by atoms with van der Waals surface area (Å²) in [7, 11) is 0. The first-order valence-corrected chi connectivity index (χ1v) is 13.2. The van der Waals surface area contributed by atoms with Crippen LogP contribution in [0.1, 0.15) is 25.2 Å². The lowest BCUT2D eigenvalue weighted by atomic mass is 10.0. The maximum atomic E-state index is 14.6. The monoisotopic (exact) mass is 541 g/mol. The van der Waals surface area contributed by atoms with Crippen molar-refractivity contribution in [2.24, 2.45) is 16.1 Å². The Hall–Kier alpha value is -4.44. The lowest BCUT2D eigenvalue weighted by Crippen LogP contribution is -2.49. The van der Waals surface area contributed by atoms with Gasteiger partial charge in [0.25, 0.3) is 5.95 Å².